The number of amides is 1. The van der Waals surface area contributed by atoms with Gasteiger partial charge in [-0.2, -0.15) is 0 Å². The molecule has 2 saturated heterocycles. The zero-order chi connectivity index (χ0) is 18.3. The molecule has 0 spiro atoms. The van der Waals surface area contributed by atoms with Crippen molar-refractivity contribution in [2.45, 2.75) is 38.1 Å². The number of carbonyl (C=O) groups excluding carboxylic acids is 1. The van der Waals surface area contributed by atoms with Gasteiger partial charge in [-0.1, -0.05) is 19.3 Å². The number of fused-ring (bicyclic) bond motifs is 1. The average molecular weight is 359 g/mol. The summed E-state index contributed by atoms with van der Waals surface area (Å²) in [6, 6.07) is 3.59. The number of rotatable bonds is 3. The largest absolute Gasteiger partial charge is 0.481 e. The minimum Gasteiger partial charge on any atom is -0.481 e. The number of aliphatic carboxylic acids is 1. The van der Waals surface area contributed by atoms with Gasteiger partial charge in [0, 0.05) is 44.3 Å². The quantitative estimate of drug-likeness (QED) is 0.845. The smallest absolute Gasteiger partial charge is 0.313 e. The lowest BCUT2D eigenvalue weighted by molar-refractivity contribution is -0.148. The second-order valence-corrected chi connectivity index (χ2v) is 7.98. The molecule has 2 atom stereocenters. The van der Waals surface area contributed by atoms with Gasteiger partial charge in [0.15, 0.2) is 0 Å². The van der Waals surface area contributed by atoms with Gasteiger partial charge in [-0.15, -0.1) is 0 Å². The molecule has 3 heterocycles. The number of hydrogen-bond acceptors (Lipinski definition) is 4. The van der Waals surface area contributed by atoms with Gasteiger partial charge in [-0.25, -0.2) is 0 Å². The predicted molar refractivity (Wildman–Crippen MR) is 95.0 cm³/mol. The van der Waals surface area contributed by atoms with Crippen LogP contribution in [0.2, 0.25) is 0 Å². The monoisotopic (exact) mass is 359 g/mol. The normalized spacial score (nSPS) is 29.7. The van der Waals surface area contributed by atoms with Gasteiger partial charge in [-0.05, 0) is 25.0 Å². The molecule has 140 valence electrons. The van der Waals surface area contributed by atoms with E-state index >= 15 is 0 Å². The third kappa shape index (κ3) is 2.74. The van der Waals surface area contributed by atoms with Crippen LogP contribution in [0.25, 0.3) is 0 Å². The highest BCUT2D eigenvalue weighted by atomic mass is 16.4. The lowest BCUT2D eigenvalue weighted by Crippen LogP contribution is -2.44. The van der Waals surface area contributed by atoms with E-state index in [-0.39, 0.29) is 23.9 Å². The van der Waals surface area contributed by atoms with Crippen LogP contribution in [0.3, 0.4) is 0 Å². The summed E-state index contributed by atoms with van der Waals surface area (Å²) in [6.07, 6.45) is 7.47. The van der Waals surface area contributed by atoms with E-state index in [1.54, 1.807) is 11.0 Å². The maximum Gasteiger partial charge on any atom is 0.313 e. The minimum absolute atomic E-state index is 0.0753. The van der Waals surface area contributed by atoms with Gasteiger partial charge >= 0.3 is 5.97 Å². The SMILES string of the molecule is O=C(c1ccc[nH]c1=O)N1C[C@H]2CN(C3CCCCC3)C[C@@]2(C(=O)O)C1. The van der Waals surface area contributed by atoms with Crippen molar-refractivity contribution in [2.24, 2.45) is 11.3 Å². The molecule has 1 aromatic heterocycles. The molecule has 2 aliphatic heterocycles. The molecule has 0 aromatic carbocycles. The van der Waals surface area contributed by atoms with Crippen LogP contribution in [0, 0.1) is 11.3 Å². The van der Waals surface area contributed by atoms with Gasteiger partial charge in [0.1, 0.15) is 11.0 Å². The van der Waals surface area contributed by atoms with Crippen LogP contribution in [-0.2, 0) is 4.79 Å². The van der Waals surface area contributed by atoms with Gasteiger partial charge in [-0.3, -0.25) is 19.3 Å². The Bertz CT molecular complexity index is 770. The standard InChI is InChI=1S/C19H25N3O4/c23-16-15(7-4-8-20-16)17(24)22-10-13-9-21(14-5-2-1-3-6-14)11-19(13,12-22)18(25)26/h4,7-8,13-14H,1-3,5-6,9-12H2,(H,20,23)(H,25,26)/t13-,19-/m1/s1. The maximum atomic E-state index is 12.7. The predicted octanol–water partition coefficient (Wildman–Crippen LogP) is 1.17. The summed E-state index contributed by atoms with van der Waals surface area (Å²) in [5.41, 5.74) is -1.26. The Morgan fingerprint density at radius 1 is 1.15 bits per heavy atom. The van der Waals surface area contributed by atoms with Crippen molar-refractivity contribution < 1.29 is 14.7 Å². The van der Waals surface area contributed by atoms with Gasteiger partial charge < -0.3 is 15.0 Å². The molecule has 0 unspecified atom stereocenters. The Labute approximate surface area is 152 Å². The maximum absolute atomic E-state index is 12.7. The van der Waals surface area contributed by atoms with E-state index in [1.807, 2.05) is 0 Å². The highest BCUT2D eigenvalue weighted by Crippen LogP contribution is 2.45. The minimum atomic E-state index is -0.908. The fourth-order valence-corrected chi connectivity index (χ4v) is 5.05. The third-order valence-corrected chi connectivity index (χ3v) is 6.49. The topological polar surface area (TPSA) is 93.7 Å². The first kappa shape index (κ1) is 17.3. The molecule has 7 nitrogen and oxygen atoms in total. The Hall–Kier alpha value is -2.15. The molecule has 4 rings (SSSR count). The van der Waals surface area contributed by atoms with Gasteiger partial charge in [0.2, 0.25) is 0 Å². The van der Waals surface area contributed by atoms with Crippen LogP contribution in [0.5, 0.6) is 0 Å². The van der Waals surface area contributed by atoms with E-state index in [2.05, 4.69) is 9.88 Å². The van der Waals surface area contributed by atoms with Crippen LogP contribution in [-0.4, -0.2) is 64.0 Å². The highest BCUT2D eigenvalue weighted by molar-refractivity contribution is 5.94. The number of aromatic nitrogens is 1. The number of carboxylic acid groups (broad SMARTS) is 1. The zero-order valence-electron chi connectivity index (χ0n) is 14.8. The third-order valence-electron chi connectivity index (χ3n) is 6.49. The van der Waals surface area contributed by atoms with Crippen LogP contribution in [0.15, 0.2) is 23.1 Å². The first-order valence-corrected chi connectivity index (χ1v) is 9.46. The Morgan fingerprint density at radius 3 is 2.58 bits per heavy atom. The van der Waals surface area contributed by atoms with Crippen molar-refractivity contribution in [2.75, 3.05) is 26.2 Å². The molecule has 2 N–H and O–H groups in total. The lowest BCUT2D eigenvalue weighted by Gasteiger charge is -2.33. The summed E-state index contributed by atoms with van der Waals surface area (Å²) in [4.78, 5) is 43.2. The lowest BCUT2D eigenvalue weighted by atomic mass is 9.81. The molecule has 0 radical (unpaired) electrons. The fourth-order valence-electron chi connectivity index (χ4n) is 5.05. The van der Waals surface area contributed by atoms with E-state index in [0.29, 0.717) is 19.1 Å². The Morgan fingerprint density at radius 2 is 1.92 bits per heavy atom. The average Bonchev–Trinajstić information content (AvgIpc) is 3.18. The van der Waals surface area contributed by atoms with E-state index in [1.165, 1.54) is 31.5 Å². The summed E-state index contributed by atoms with van der Waals surface area (Å²) in [5.74, 6) is -1.27. The van der Waals surface area contributed by atoms with E-state index in [0.717, 1.165) is 19.4 Å². The van der Waals surface area contributed by atoms with E-state index in [4.69, 9.17) is 0 Å². The van der Waals surface area contributed by atoms with Crippen LogP contribution in [0.4, 0.5) is 0 Å². The van der Waals surface area contributed by atoms with Crippen molar-refractivity contribution in [3.8, 4) is 0 Å². The number of carbonyl (C=O) groups is 2. The summed E-state index contributed by atoms with van der Waals surface area (Å²) in [5, 5.41) is 9.98. The molecule has 7 heteroatoms. The number of aromatic amines is 1. The molecule has 26 heavy (non-hydrogen) atoms. The van der Waals surface area contributed by atoms with Gasteiger partial charge in [0.25, 0.3) is 11.5 Å². The van der Waals surface area contributed by atoms with Crippen molar-refractivity contribution in [1.29, 1.82) is 0 Å². The number of hydrogen-bond donors (Lipinski definition) is 2. The number of nitrogens with one attached hydrogen (secondary N) is 1. The molecule has 1 saturated carbocycles. The van der Waals surface area contributed by atoms with Crippen molar-refractivity contribution in [1.82, 2.24) is 14.8 Å². The zero-order valence-corrected chi connectivity index (χ0v) is 14.8. The number of likely N-dealkylation sites (tertiary alicyclic amines) is 2. The molecule has 3 aliphatic rings. The molecular weight excluding hydrogens is 334 g/mol. The van der Waals surface area contributed by atoms with Gasteiger partial charge in [0.05, 0.1) is 0 Å². The number of carboxylic acids is 1. The van der Waals surface area contributed by atoms with E-state index in [9.17, 15) is 19.5 Å². The first-order valence-electron chi connectivity index (χ1n) is 9.46. The molecule has 1 amide bonds. The first-order chi connectivity index (χ1) is 12.5. The summed E-state index contributed by atoms with van der Waals surface area (Å²) >= 11 is 0. The number of pyridine rings is 1. The molecule has 0 bridgehead atoms. The van der Waals surface area contributed by atoms with Crippen LogP contribution in [0.1, 0.15) is 42.5 Å². The molecule has 1 aromatic rings. The van der Waals surface area contributed by atoms with Crippen LogP contribution >= 0.6 is 0 Å². The summed E-state index contributed by atoms with van der Waals surface area (Å²) in [6.45, 7) is 1.82. The number of H-pyrrole nitrogens is 1. The fraction of sp³-hybridized carbons (Fsp3) is 0.632. The second-order valence-electron chi connectivity index (χ2n) is 7.98. The van der Waals surface area contributed by atoms with Crippen molar-refractivity contribution in [3.05, 3.63) is 34.2 Å². The molecule has 3 fully saturated rings. The number of nitrogens with zero attached hydrogens (tertiary/aromatic N) is 2. The van der Waals surface area contributed by atoms with Crippen molar-refractivity contribution >= 4 is 11.9 Å². The Balaban J connectivity index is 1.53. The highest BCUT2D eigenvalue weighted by Gasteiger charge is 2.59. The summed E-state index contributed by atoms with van der Waals surface area (Å²) in [7, 11) is 0. The Kier molecular flexibility index (Phi) is 4.34. The molecule has 1 aliphatic carbocycles. The molecular formula is C19H25N3O4. The second kappa shape index (κ2) is 6.54. The van der Waals surface area contributed by atoms with Crippen LogP contribution < -0.4 is 5.56 Å². The summed E-state index contributed by atoms with van der Waals surface area (Å²) < 4.78 is 0. The van der Waals surface area contributed by atoms with Crippen molar-refractivity contribution in [3.63, 3.8) is 0 Å². The van der Waals surface area contributed by atoms with E-state index < -0.39 is 16.9 Å².